The minimum Gasteiger partial charge on any atom is -0.497 e. The van der Waals surface area contributed by atoms with E-state index in [0.29, 0.717) is 24.4 Å². The van der Waals surface area contributed by atoms with E-state index in [4.69, 9.17) is 9.47 Å². The van der Waals surface area contributed by atoms with E-state index in [1.165, 1.54) is 11.1 Å². The van der Waals surface area contributed by atoms with Crippen molar-refractivity contribution < 1.29 is 14.3 Å². The molecule has 35 heavy (non-hydrogen) atoms. The van der Waals surface area contributed by atoms with Gasteiger partial charge in [-0.2, -0.15) is 0 Å². The maximum absolute atomic E-state index is 12.7. The van der Waals surface area contributed by atoms with Crippen molar-refractivity contribution in [2.75, 3.05) is 20.8 Å². The van der Waals surface area contributed by atoms with Crippen molar-refractivity contribution >= 4 is 5.97 Å². The van der Waals surface area contributed by atoms with E-state index in [1.807, 2.05) is 27.4 Å². The van der Waals surface area contributed by atoms with E-state index in [0.717, 1.165) is 35.0 Å². The van der Waals surface area contributed by atoms with E-state index in [2.05, 4.69) is 58.4 Å². The Balaban J connectivity index is 1.56. The van der Waals surface area contributed by atoms with Crippen molar-refractivity contribution in [2.24, 2.45) is 0 Å². The van der Waals surface area contributed by atoms with E-state index < -0.39 is 5.97 Å². The SMILES string of the molecule is CCOC(=O)c1ncn2c1Cc1c(CN(C)Cc3cccc(C)c3)nnn1-c1cc(OC)ccc1-2. The largest absolute Gasteiger partial charge is 0.497 e. The number of aryl methyl sites for hydroxylation is 1. The van der Waals surface area contributed by atoms with Gasteiger partial charge in [0.25, 0.3) is 0 Å². The number of methoxy groups -OCH3 is 1. The first-order valence-electron chi connectivity index (χ1n) is 11.6. The zero-order valence-electron chi connectivity index (χ0n) is 20.4. The van der Waals surface area contributed by atoms with Crippen molar-refractivity contribution in [1.29, 1.82) is 0 Å². The van der Waals surface area contributed by atoms with E-state index in [-0.39, 0.29) is 6.61 Å². The summed E-state index contributed by atoms with van der Waals surface area (Å²) in [6, 6.07) is 14.2. The van der Waals surface area contributed by atoms with Gasteiger partial charge in [-0.05, 0) is 38.6 Å². The Morgan fingerprint density at radius 1 is 1.11 bits per heavy atom. The first-order chi connectivity index (χ1) is 17.0. The third-order valence-corrected chi connectivity index (χ3v) is 6.14. The smallest absolute Gasteiger partial charge is 0.358 e. The summed E-state index contributed by atoms with van der Waals surface area (Å²) in [6.07, 6.45) is 2.10. The summed E-state index contributed by atoms with van der Waals surface area (Å²) in [5.74, 6) is 0.271. The monoisotopic (exact) mass is 472 g/mol. The second-order valence-electron chi connectivity index (χ2n) is 8.72. The number of hydrogen-bond donors (Lipinski definition) is 0. The predicted octanol–water partition coefficient (Wildman–Crippen LogP) is 3.48. The molecule has 0 fully saturated rings. The molecule has 3 heterocycles. The maximum Gasteiger partial charge on any atom is 0.358 e. The molecule has 0 saturated heterocycles. The summed E-state index contributed by atoms with van der Waals surface area (Å²) in [4.78, 5) is 19.3. The lowest BCUT2D eigenvalue weighted by Crippen LogP contribution is -2.19. The molecule has 0 N–H and O–H groups in total. The molecule has 9 nitrogen and oxygen atoms in total. The van der Waals surface area contributed by atoms with Crippen molar-refractivity contribution in [2.45, 2.75) is 33.4 Å². The number of carbonyl (C=O) groups is 1. The van der Waals surface area contributed by atoms with Crippen LogP contribution in [0.4, 0.5) is 0 Å². The van der Waals surface area contributed by atoms with Gasteiger partial charge in [-0.25, -0.2) is 14.5 Å². The molecule has 0 atom stereocenters. The summed E-state index contributed by atoms with van der Waals surface area (Å²) < 4.78 is 14.5. The van der Waals surface area contributed by atoms with Gasteiger partial charge in [0.05, 0.1) is 36.5 Å². The molecule has 1 aliphatic rings. The summed E-state index contributed by atoms with van der Waals surface area (Å²) in [6.45, 7) is 5.55. The number of aromatic nitrogens is 5. The second kappa shape index (κ2) is 9.34. The van der Waals surface area contributed by atoms with Crippen LogP contribution in [0, 0.1) is 6.92 Å². The summed E-state index contributed by atoms with van der Waals surface area (Å²) >= 11 is 0. The molecule has 9 heteroatoms. The molecular weight excluding hydrogens is 444 g/mol. The molecule has 1 aliphatic heterocycles. The lowest BCUT2D eigenvalue weighted by atomic mass is 10.1. The van der Waals surface area contributed by atoms with Gasteiger partial charge in [-0.3, -0.25) is 9.47 Å². The van der Waals surface area contributed by atoms with Crippen molar-refractivity contribution in [1.82, 2.24) is 29.4 Å². The molecule has 0 aliphatic carbocycles. The fourth-order valence-electron chi connectivity index (χ4n) is 4.54. The summed E-state index contributed by atoms with van der Waals surface area (Å²) in [5.41, 5.74) is 6.93. The topological polar surface area (TPSA) is 87.3 Å². The minimum atomic E-state index is -0.435. The van der Waals surface area contributed by atoms with E-state index in [9.17, 15) is 4.79 Å². The number of rotatable bonds is 7. The molecule has 0 bridgehead atoms. The molecule has 2 aromatic heterocycles. The highest BCUT2D eigenvalue weighted by Crippen LogP contribution is 2.32. The quantitative estimate of drug-likeness (QED) is 0.335. The number of carbonyl (C=O) groups excluding carboxylic acids is 1. The van der Waals surface area contributed by atoms with Gasteiger partial charge in [0.1, 0.15) is 17.8 Å². The first kappa shape index (κ1) is 22.8. The Labute approximate surface area is 203 Å². The molecular formula is C26H28N6O3. The number of hydrogen-bond acceptors (Lipinski definition) is 7. The highest BCUT2D eigenvalue weighted by molar-refractivity contribution is 5.89. The second-order valence-corrected chi connectivity index (χ2v) is 8.72. The Hall–Kier alpha value is -3.98. The number of esters is 1. The van der Waals surface area contributed by atoms with Crippen LogP contribution in [0.5, 0.6) is 5.75 Å². The number of nitrogens with zero attached hydrogens (tertiary/aromatic N) is 6. The molecule has 5 rings (SSSR count). The van der Waals surface area contributed by atoms with Gasteiger partial charge in [0.2, 0.25) is 0 Å². The van der Waals surface area contributed by atoms with Crippen LogP contribution >= 0.6 is 0 Å². The number of imidazole rings is 1. The zero-order valence-corrected chi connectivity index (χ0v) is 20.4. The van der Waals surface area contributed by atoms with E-state index >= 15 is 0 Å². The number of benzene rings is 2. The lowest BCUT2D eigenvalue weighted by Gasteiger charge is -2.16. The van der Waals surface area contributed by atoms with Gasteiger partial charge in [-0.1, -0.05) is 35.0 Å². The van der Waals surface area contributed by atoms with Crippen molar-refractivity contribution in [3.63, 3.8) is 0 Å². The average Bonchev–Trinajstić information content (AvgIpc) is 3.40. The van der Waals surface area contributed by atoms with Gasteiger partial charge < -0.3 is 9.47 Å². The summed E-state index contributed by atoms with van der Waals surface area (Å²) in [5, 5.41) is 9.06. The third-order valence-electron chi connectivity index (χ3n) is 6.14. The minimum absolute atomic E-state index is 0.285. The van der Waals surface area contributed by atoms with Crippen LogP contribution in [0.25, 0.3) is 11.4 Å². The van der Waals surface area contributed by atoms with Gasteiger partial charge in [0, 0.05) is 25.6 Å². The first-order valence-corrected chi connectivity index (χ1v) is 11.6. The maximum atomic E-state index is 12.7. The molecule has 180 valence electrons. The standard InChI is InChI=1S/C26H28N6O3/c1-5-35-26(33)25-24-13-22-20(15-30(3)14-18-8-6-7-17(2)11-18)28-29-32(22)23-12-19(34-4)9-10-21(23)31(24)16-27-25/h6-12,16H,5,13-15H2,1-4H3. The third kappa shape index (κ3) is 4.30. The van der Waals surface area contributed by atoms with Crippen molar-refractivity contribution in [3.05, 3.63) is 82.7 Å². The van der Waals surface area contributed by atoms with Crippen LogP contribution in [0.15, 0.2) is 48.8 Å². The molecule has 2 aromatic carbocycles. The molecule has 0 unspecified atom stereocenters. The fraction of sp³-hybridized carbons (Fsp3) is 0.308. The van der Waals surface area contributed by atoms with Crippen LogP contribution < -0.4 is 4.74 Å². The van der Waals surface area contributed by atoms with Crippen LogP contribution in [0.2, 0.25) is 0 Å². The Morgan fingerprint density at radius 2 is 1.97 bits per heavy atom. The van der Waals surface area contributed by atoms with Crippen LogP contribution in [0.3, 0.4) is 0 Å². The van der Waals surface area contributed by atoms with Gasteiger partial charge >= 0.3 is 5.97 Å². The molecule has 4 aromatic rings. The number of fused-ring (bicyclic) bond motifs is 5. The van der Waals surface area contributed by atoms with Crippen LogP contribution in [-0.2, 0) is 24.2 Å². The Bertz CT molecular complexity index is 1390. The average molecular weight is 473 g/mol. The zero-order chi connectivity index (χ0) is 24.5. The van der Waals surface area contributed by atoms with E-state index in [1.54, 1.807) is 20.4 Å². The molecule has 0 radical (unpaired) electrons. The highest BCUT2D eigenvalue weighted by atomic mass is 16.5. The van der Waals surface area contributed by atoms with Crippen LogP contribution in [0.1, 0.15) is 45.6 Å². The lowest BCUT2D eigenvalue weighted by molar-refractivity contribution is 0.0519. The van der Waals surface area contributed by atoms with Gasteiger partial charge in [0.15, 0.2) is 5.69 Å². The molecule has 0 spiro atoms. The Morgan fingerprint density at radius 3 is 2.74 bits per heavy atom. The normalized spacial score (nSPS) is 12.0. The van der Waals surface area contributed by atoms with Crippen LogP contribution in [-0.4, -0.2) is 56.2 Å². The highest BCUT2D eigenvalue weighted by Gasteiger charge is 2.29. The molecule has 0 saturated carbocycles. The van der Waals surface area contributed by atoms with Crippen molar-refractivity contribution in [3.8, 4) is 17.1 Å². The summed E-state index contributed by atoms with van der Waals surface area (Å²) in [7, 11) is 3.70. The number of ether oxygens (including phenoxy) is 2. The Kier molecular flexibility index (Phi) is 6.08. The predicted molar refractivity (Wildman–Crippen MR) is 130 cm³/mol. The fourth-order valence-corrected chi connectivity index (χ4v) is 4.54. The molecule has 0 amide bonds. The van der Waals surface area contributed by atoms with Gasteiger partial charge in [-0.15, -0.1) is 5.10 Å².